The number of benzene rings is 1. The minimum atomic E-state index is -3.00. The number of hydrogen-bond donors (Lipinski definition) is 2. The van der Waals surface area contributed by atoms with E-state index in [0.717, 1.165) is 37.5 Å². The highest BCUT2D eigenvalue weighted by Crippen LogP contribution is 2.34. The molecule has 2 heterocycles. The molecule has 1 aliphatic rings. The Balaban J connectivity index is 0.00000320. The van der Waals surface area contributed by atoms with Gasteiger partial charge in [0.15, 0.2) is 11.8 Å². The summed E-state index contributed by atoms with van der Waals surface area (Å²) in [7, 11) is 0. The first-order valence-corrected chi connectivity index (χ1v) is 10.1. The van der Waals surface area contributed by atoms with Crippen molar-refractivity contribution in [1.29, 1.82) is 0 Å². The summed E-state index contributed by atoms with van der Waals surface area (Å²) in [6, 6.07) is 2.86. The van der Waals surface area contributed by atoms with Crippen LogP contribution in [0.4, 0.5) is 8.78 Å². The van der Waals surface area contributed by atoms with Crippen LogP contribution in [0.25, 0.3) is 0 Å². The largest absolute Gasteiger partial charge is 0.433 e. The van der Waals surface area contributed by atoms with Crippen molar-refractivity contribution in [2.75, 3.05) is 6.54 Å². The molecule has 2 aromatic rings. The number of guanidine groups is 1. The van der Waals surface area contributed by atoms with Gasteiger partial charge in [0.2, 0.25) is 0 Å². The molecule has 0 amide bonds. The summed E-state index contributed by atoms with van der Waals surface area (Å²) < 4.78 is 32.1. The highest BCUT2D eigenvalue weighted by atomic mass is 127. The third-order valence-electron chi connectivity index (χ3n) is 4.39. The third kappa shape index (κ3) is 6.55. The molecule has 0 saturated carbocycles. The maximum atomic E-state index is 12.7. The van der Waals surface area contributed by atoms with E-state index in [-0.39, 0.29) is 41.3 Å². The van der Waals surface area contributed by atoms with E-state index in [2.05, 4.69) is 35.1 Å². The quantitative estimate of drug-likeness (QED) is 0.291. The summed E-state index contributed by atoms with van der Waals surface area (Å²) in [6.07, 6.45) is 3.17. The fraction of sp³-hybridized carbons (Fsp3) is 0.500. The Hall–Kier alpha value is -1.40. The van der Waals surface area contributed by atoms with Gasteiger partial charge in [-0.1, -0.05) is 23.2 Å². The molecule has 2 N–H and O–H groups in total. The van der Waals surface area contributed by atoms with Crippen molar-refractivity contribution in [2.24, 2.45) is 4.99 Å². The van der Waals surface area contributed by atoms with Crippen LogP contribution >= 0.6 is 47.2 Å². The van der Waals surface area contributed by atoms with Crippen LogP contribution in [0.1, 0.15) is 37.0 Å². The molecule has 0 radical (unpaired) electrons. The number of aromatic nitrogens is 3. The lowest BCUT2D eigenvalue weighted by molar-refractivity contribution is -0.0503. The van der Waals surface area contributed by atoms with Gasteiger partial charge in [-0.3, -0.25) is 0 Å². The van der Waals surface area contributed by atoms with E-state index in [1.54, 1.807) is 0 Å². The smallest absolute Gasteiger partial charge is 0.387 e. The van der Waals surface area contributed by atoms with E-state index < -0.39 is 6.61 Å². The Kier molecular flexibility index (Phi) is 9.82. The number of aryl methyl sites for hydroxylation is 1. The van der Waals surface area contributed by atoms with Crippen LogP contribution < -0.4 is 15.4 Å². The molecule has 166 valence electrons. The first-order valence-electron chi connectivity index (χ1n) is 9.33. The van der Waals surface area contributed by atoms with Gasteiger partial charge in [0.05, 0.1) is 18.1 Å². The Bertz CT molecular complexity index is 881. The molecule has 0 bridgehead atoms. The van der Waals surface area contributed by atoms with E-state index in [4.69, 9.17) is 23.2 Å². The van der Waals surface area contributed by atoms with Gasteiger partial charge in [0.1, 0.15) is 11.6 Å². The van der Waals surface area contributed by atoms with Crippen molar-refractivity contribution >= 4 is 53.1 Å². The molecule has 0 aliphatic carbocycles. The monoisotopic (exact) mass is 574 g/mol. The second kappa shape index (κ2) is 11.8. The average Bonchev–Trinajstić information content (AvgIpc) is 3.09. The summed E-state index contributed by atoms with van der Waals surface area (Å²) >= 11 is 12.0. The predicted molar refractivity (Wildman–Crippen MR) is 123 cm³/mol. The summed E-state index contributed by atoms with van der Waals surface area (Å²) in [6.45, 7) is 0.952. The van der Waals surface area contributed by atoms with Crippen molar-refractivity contribution in [2.45, 2.75) is 52.4 Å². The number of ether oxygens (including phenoxy) is 1. The Labute approximate surface area is 200 Å². The van der Waals surface area contributed by atoms with Crippen molar-refractivity contribution < 1.29 is 13.5 Å². The lowest BCUT2D eigenvalue weighted by Crippen LogP contribution is -2.37. The number of rotatable bonds is 7. The molecular weight excluding hydrogens is 552 g/mol. The number of nitrogens with zero attached hydrogens (tertiary/aromatic N) is 4. The maximum absolute atomic E-state index is 12.7. The van der Waals surface area contributed by atoms with Gasteiger partial charge >= 0.3 is 6.61 Å². The zero-order valence-electron chi connectivity index (χ0n) is 16.3. The predicted octanol–water partition coefficient (Wildman–Crippen LogP) is 4.40. The van der Waals surface area contributed by atoms with E-state index in [9.17, 15) is 8.78 Å². The minimum absolute atomic E-state index is 0. The zero-order chi connectivity index (χ0) is 20.8. The van der Waals surface area contributed by atoms with E-state index in [0.29, 0.717) is 29.6 Å². The average molecular weight is 575 g/mol. The number of nitrogens with one attached hydrogen (secondary N) is 2. The summed E-state index contributed by atoms with van der Waals surface area (Å²) in [5.41, 5.74) is 0.361. The fourth-order valence-corrected chi connectivity index (χ4v) is 3.70. The molecule has 12 heteroatoms. The zero-order valence-corrected chi connectivity index (χ0v) is 20.1. The van der Waals surface area contributed by atoms with Crippen LogP contribution in [0, 0.1) is 0 Å². The van der Waals surface area contributed by atoms with Crippen molar-refractivity contribution in [1.82, 2.24) is 25.4 Å². The normalized spacial score (nSPS) is 13.6. The first-order chi connectivity index (χ1) is 14.0. The third-order valence-corrected chi connectivity index (χ3v) is 4.89. The van der Waals surface area contributed by atoms with Gasteiger partial charge < -0.3 is 19.9 Å². The van der Waals surface area contributed by atoms with Gasteiger partial charge in [0, 0.05) is 30.1 Å². The molecule has 7 nitrogen and oxygen atoms in total. The SMILES string of the molecule is CCNC(=NCc1cc(Cl)cc(Cl)c1OC(F)F)NCc1nnc2n1CCCC2.I. The number of fused-ring (bicyclic) bond motifs is 1. The standard InChI is InChI=1S/C18H22Cl2F2N6O.HI/c1-2-23-18(25-10-15-27-26-14-5-3-4-6-28(14)15)24-9-11-7-12(19)8-13(20)16(11)29-17(21)22;/h7-8,17H,2-6,9-10H2,1H3,(H2,23,24,25);1H. The molecule has 1 aromatic heterocycles. The second-order valence-corrected chi connectivity index (χ2v) is 7.29. The molecule has 0 unspecified atom stereocenters. The lowest BCUT2D eigenvalue weighted by Gasteiger charge is -2.16. The minimum Gasteiger partial charge on any atom is -0.433 e. The topological polar surface area (TPSA) is 76.4 Å². The van der Waals surface area contributed by atoms with Gasteiger partial charge in [-0.15, -0.1) is 34.2 Å². The Morgan fingerprint density at radius 3 is 2.80 bits per heavy atom. The van der Waals surface area contributed by atoms with Crippen molar-refractivity contribution in [3.05, 3.63) is 39.4 Å². The summed E-state index contributed by atoms with van der Waals surface area (Å²) in [5, 5.41) is 15.1. The first kappa shape index (κ1) is 24.9. The highest BCUT2D eigenvalue weighted by Gasteiger charge is 2.17. The second-order valence-electron chi connectivity index (χ2n) is 6.44. The van der Waals surface area contributed by atoms with Crippen LogP contribution in [0.3, 0.4) is 0 Å². The van der Waals surface area contributed by atoms with Gasteiger partial charge in [0.25, 0.3) is 0 Å². The molecular formula is C18H23Cl2F2IN6O. The van der Waals surface area contributed by atoms with Gasteiger partial charge in [-0.2, -0.15) is 8.78 Å². The molecule has 1 aliphatic heterocycles. The number of alkyl halides is 2. The fourth-order valence-electron chi connectivity index (χ4n) is 3.12. The molecule has 0 atom stereocenters. The number of hydrogen-bond acceptors (Lipinski definition) is 4. The van der Waals surface area contributed by atoms with Crippen LogP contribution in [0.2, 0.25) is 10.0 Å². The Morgan fingerprint density at radius 1 is 1.27 bits per heavy atom. The lowest BCUT2D eigenvalue weighted by atomic mass is 10.2. The molecule has 0 spiro atoms. The molecule has 1 aromatic carbocycles. The molecule has 0 saturated heterocycles. The maximum Gasteiger partial charge on any atom is 0.387 e. The number of aliphatic imine (C=N–C) groups is 1. The van der Waals surface area contributed by atoms with E-state index in [1.165, 1.54) is 12.1 Å². The molecule has 0 fully saturated rings. The number of halogens is 5. The van der Waals surface area contributed by atoms with Crippen LogP contribution in [0.5, 0.6) is 5.75 Å². The molecule has 3 rings (SSSR count). The van der Waals surface area contributed by atoms with Crippen molar-refractivity contribution in [3.63, 3.8) is 0 Å². The van der Waals surface area contributed by atoms with Crippen LogP contribution in [-0.2, 0) is 26.1 Å². The summed E-state index contributed by atoms with van der Waals surface area (Å²) in [5.74, 6) is 2.20. The van der Waals surface area contributed by atoms with Gasteiger partial charge in [-0.25, -0.2) is 4.99 Å². The van der Waals surface area contributed by atoms with E-state index in [1.807, 2.05) is 6.92 Å². The van der Waals surface area contributed by atoms with E-state index >= 15 is 0 Å². The van der Waals surface area contributed by atoms with Crippen molar-refractivity contribution in [3.8, 4) is 5.75 Å². The summed E-state index contributed by atoms with van der Waals surface area (Å²) in [4.78, 5) is 4.44. The highest BCUT2D eigenvalue weighted by molar-refractivity contribution is 14.0. The van der Waals surface area contributed by atoms with Gasteiger partial charge in [-0.05, 0) is 31.9 Å². The van der Waals surface area contributed by atoms with Crippen LogP contribution in [-0.4, -0.2) is 33.9 Å². The Morgan fingerprint density at radius 2 is 2.07 bits per heavy atom. The molecule has 30 heavy (non-hydrogen) atoms. The van der Waals surface area contributed by atoms with Crippen LogP contribution in [0.15, 0.2) is 17.1 Å².